The van der Waals surface area contributed by atoms with Crippen LogP contribution in [0.4, 0.5) is 0 Å². The fourth-order valence-corrected chi connectivity index (χ4v) is 1.02. The van der Waals surface area contributed by atoms with Crippen LogP contribution in [-0.2, 0) is 6.54 Å². The summed E-state index contributed by atoms with van der Waals surface area (Å²) in [6, 6.07) is 1.52. The Kier molecular flexibility index (Phi) is 2.62. The summed E-state index contributed by atoms with van der Waals surface area (Å²) >= 11 is 0. The molecule has 3 N–H and O–H groups in total. The molecule has 0 bridgehead atoms. The maximum absolute atomic E-state index is 8.76. The molecule has 0 aliphatic rings. The SMILES string of the molecule is CCn1nccc1C(N)CO. The summed E-state index contributed by atoms with van der Waals surface area (Å²) in [5, 5.41) is 12.8. The highest BCUT2D eigenvalue weighted by molar-refractivity contribution is 5.05. The summed E-state index contributed by atoms with van der Waals surface area (Å²) in [6.07, 6.45) is 1.69. The average Bonchev–Trinajstić information content (AvgIpc) is 2.50. The molecule has 11 heavy (non-hydrogen) atoms. The minimum absolute atomic E-state index is 0.0360. The fourth-order valence-electron chi connectivity index (χ4n) is 1.02. The lowest BCUT2D eigenvalue weighted by Gasteiger charge is -2.09. The Hall–Kier alpha value is -0.870. The molecule has 1 unspecified atom stereocenters. The molecule has 0 spiro atoms. The third-order valence-electron chi connectivity index (χ3n) is 1.63. The zero-order chi connectivity index (χ0) is 8.27. The second-order valence-electron chi connectivity index (χ2n) is 2.36. The summed E-state index contributed by atoms with van der Waals surface area (Å²) in [7, 11) is 0. The summed E-state index contributed by atoms with van der Waals surface area (Å²) in [4.78, 5) is 0. The van der Waals surface area contributed by atoms with Crippen molar-refractivity contribution in [2.75, 3.05) is 6.61 Å². The van der Waals surface area contributed by atoms with Gasteiger partial charge in [0.1, 0.15) is 0 Å². The first-order valence-electron chi connectivity index (χ1n) is 3.67. The van der Waals surface area contributed by atoms with Gasteiger partial charge in [-0.05, 0) is 13.0 Å². The van der Waals surface area contributed by atoms with E-state index in [1.54, 1.807) is 10.9 Å². The van der Waals surface area contributed by atoms with Crippen LogP contribution in [0.3, 0.4) is 0 Å². The van der Waals surface area contributed by atoms with E-state index in [9.17, 15) is 0 Å². The quantitative estimate of drug-likeness (QED) is 0.640. The monoisotopic (exact) mass is 155 g/mol. The molecule has 1 atom stereocenters. The van der Waals surface area contributed by atoms with Gasteiger partial charge in [-0.2, -0.15) is 5.10 Å². The molecule has 0 saturated carbocycles. The molecule has 4 nitrogen and oxygen atoms in total. The smallest absolute Gasteiger partial charge is 0.0701 e. The van der Waals surface area contributed by atoms with E-state index in [2.05, 4.69) is 5.10 Å². The van der Waals surface area contributed by atoms with Gasteiger partial charge in [0.2, 0.25) is 0 Å². The Morgan fingerprint density at radius 1 is 1.82 bits per heavy atom. The van der Waals surface area contributed by atoms with E-state index in [1.807, 2.05) is 13.0 Å². The summed E-state index contributed by atoms with van der Waals surface area (Å²) in [5.74, 6) is 0. The number of aryl methyl sites for hydroxylation is 1. The molecule has 0 fully saturated rings. The molecule has 0 radical (unpaired) electrons. The topological polar surface area (TPSA) is 64.1 Å². The number of aliphatic hydroxyl groups excluding tert-OH is 1. The van der Waals surface area contributed by atoms with Crippen LogP contribution in [0, 0.1) is 0 Å². The molecule has 0 aliphatic heterocycles. The van der Waals surface area contributed by atoms with Crippen molar-refractivity contribution in [2.45, 2.75) is 19.5 Å². The number of nitrogens with two attached hydrogens (primary N) is 1. The second-order valence-corrected chi connectivity index (χ2v) is 2.36. The minimum Gasteiger partial charge on any atom is -0.394 e. The lowest BCUT2D eigenvalue weighted by atomic mass is 10.2. The van der Waals surface area contributed by atoms with Crippen LogP contribution in [0.25, 0.3) is 0 Å². The molecular weight excluding hydrogens is 142 g/mol. The molecule has 0 amide bonds. The van der Waals surface area contributed by atoms with Crippen LogP contribution in [0.5, 0.6) is 0 Å². The number of hydrogen-bond acceptors (Lipinski definition) is 3. The molecule has 62 valence electrons. The van der Waals surface area contributed by atoms with Crippen molar-refractivity contribution in [3.8, 4) is 0 Å². The van der Waals surface area contributed by atoms with E-state index in [1.165, 1.54) is 0 Å². The lowest BCUT2D eigenvalue weighted by Crippen LogP contribution is -2.19. The van der Waals surface area contributed by atoms with Gasteiger partial charge in [0, 0.05) is 12.7 Å². The number of aromatic nitrogens is 2. The normalized spacial score (nSPS) is 13.4. The van der Waals surface area contributed by atoms with Crippen LogP contribution in [0.2, 0.25) is 0 Å². The maximum Gasteiger partial charge on any atom is 0.0701 e. The first-order chi connectivity index (χ1) is 5.29. The Morgan fingerprint density at radius 3 is 3.09 bits per heavy atom. The van der Waals surface area contributed by atoms with Gasteiger partial charge in [0.25, 0.3) is 0 Å². The standard InChI is InChI=1S/C7H13N3O/c1-2-10-7(3-4-9-10)6(8)5-11/h3-4,6,11H,2,5,8H2,1H3. The van der Waals surface area contributed by atoms with Crippen molar-refractivity contribution in [3.05, 3.63) is 18.0 Å². The average molecular weight is 155 g/mol. The highest BCUT2D eigenvalue weighted by Gasteiger charge is 2.08. The van der Waals surface area contributed by atoms with Crippen LogP contribution >= 0.6 is 0 Å². The highest BCUT2D eigenvalue weighted by atomic mass is 16.3. The van der Waals surface area contributed by atoms with Gasteiger partial charge >= 0.3 is 0 Å². The Balaban J connectivity index is 2.83. The Morgan fingerprint density at radius 2 is 2.55 bits per heavy atom. The molecule has 0 aliphatic carbocycles. The molecule has 4 heteroatoms. The van der Waals surface area contributed by atoms with Crippen molar-refractivity contribution in [1.29, 1.82) is 0 Å². The number of aliphatic hydroxyl groups is 1. The molecule has 0 saturated heterocycles. The number of rotatable bonds is 3. The van der Waals surface area contributed by atoms with Crippen LogP contribution in [0.1, 0.15) is 18.7 Å². The third kappa shape index (κ3) is 1.58. The highest BCUT2D eigenvalue weighted by Crippen LogP contribution is 2.07. The van der Waals surface area contributed by atoms with Gasteiger partial charge < -0.3 is 10.8 Å². The minimum atomic E-state index is -0.308. The largest absolute Gasteiger partial charge is 0.394 e. The van der Waals surface area contributed by atoms with E-state index in [0.717, 1.165) is 12.2 Å². The molecule has 1 rings (SSSR count). The first kappa shape index (κ1) is 8.23. The fraction of sp³-hybridized carbons (Fsp3) is 0.571. The summed E-state index contributed by atoms with van der Waals surface area (Å²) < 4.78 is 1.78. The van der Waals surface area contributed by atoms with Crippen molar-refractivity contribution in [2.24, 2.45) is 5.73 Å². The zero-order valence-corrected chi connectivity index (χ0v) is 6.57. The van der Waals surface area contributed by atoms with E-state index in [4.69, 9.17) is 10.8 Å². The van der Waals surface area contributed by atoms with Crippen molar-refractivity contribution in [3.63, 3.8) is 0 Å². The van der Waals surface area contributed by atoms with Gasteiger partial charge in [-0.15, -0.1) is 0 Å². The van der Waals surface area contributed by atoms with Crippen LogP contribution in [0.15, 0.2) is 12.3 Å². The Bertz CT molecular complexity index is 221. The van der Waals surface area contributed by atoms with Crippen molar-refractivity contribution in [1.82, 2.24) is 9.78 Å². The van der Waals surface area contributed by atoms with Crippen molar-refractivity contribution >= 4 is 0 Å². The zero-order valence-electron chi connectivity index (χ0n) is 6.57. The second kappa shape index (κ2) is 3.50. The van der Waals surface area contributed by atoms with Gasteiger partial charge in [0.05, 0.1) is 18.3 Å². The summed E-state index contributed by atoms with van der Waals surface area (Å²) in [5.41, 5.74) is 6.49. The molecule has 1 aromatic rings. The third-order valence-corrected chi connectivity index (χ3v) is 1.63. The molecular formula is C7H13N3O. The maximum atomic E-state index is 8.76. The van der Waals surface area contributed by atoms with Gasteiger partial charge in [-0.25, -0.2) is 0 Å². The first-order valence-corrected chi connectivity index (χ1v) is 3.67. The predicted molar refractivity (Wildman–Crippen MR) is 41.9 cm³/mol. The lowest BCUT2D eigenvalue weighted by molar-refractivity contribution is 0.262. The Labute approximate surface area is 65.6 Å². The number of nitrogens with zero attached hydrogens (tertiary/aromatic N) is 2. The van der Waals surface area contributed by atoms with E-state index >= 15 is 0 Å². The van der Waals surface area contributed by atoms with Gasteiger partial charge in [-0.3, -0.25) is 4.68 Å². The predicted octanol–water partition coefficient (Wildman–Crippen LogP) is -0.105. The number of hydrogen-bond donors (Lipinski definition) is 2. The molecule has 1 heterocycles. The summed E-state index contributed by atoms with van der Waals surface area (Å²) in [6.45, 7) is 2.74. The van der Waals surface area contributed by atoms with Gasteiger partial charge in [-0.1, -0.05) is 0 Å². The van der Waals surface area contributed by atoms with E-state index in [-0.39, 0.29) is 12.6 Å². The van der Waals surface area contributed by atoms with Gasteiger partial charge in [0.15, 0.2) is 0 Å². The van der Waals surface area contributed by atoms with E-state index in [0.29, 0.717) is 0 Å². The van der Waals surface area contributed by atoms with Crippen LogP contribution < -0.4 is 5.73 Å². The van der Waals surface area contributed by atoms with Crippen molar-refractivity contribution < 1.29 is 5.11 Å². The van der Waals surface area contributed by atoms with E-state index < -0.39 is 0 Å². The van der Waals surface area contributed by atoms with Crippen LogP contribution in [-0.4, -0.2) is 21.5 Å². The molecule has 0 aromatic carbocycles. The molecule has 1 aromatic heterocycles.